The van der Waals surface area contributed by atoms with Crippen molar-refractivity contribution in [1.29, 1.82) is 0 Å². The van der Waals surface area contributed by atoms with Crippen LogP contribution in [-0.2, 0) is 6.54 Å². The Morgan fingerprint density at radius 3 is 2.88 bits per heavy atom. The number of amides is 2. The van der Waals surface area contributed by atoms with E-state index in [0.717, 1.165) is 30.6 Å². The minimum Gasteiger partial charge on any atom is -0.394 e. The van der Waals surface area contributed by atoms with E-state index in [1.807, 2.05) is 36.0 Å². The van der Waals surface area contributed by atoms with Gasteiger partial charge in [-0.1, -0.05) is 19.9 Å². The third kappa shape index (κ3) is 3.98. The van der Waals surface area contributed by atoms with Gasteiger partial charge in [-0.05, 0) is 31.2 Å². The van der Waals surface area contributed by atoms with E-state index in [-0.39, 0.29) is 12.6 Å². The molecule has 0 aliphatic carbocycles. The summed E-state index contributed by atoms with van der Waals surface area (Å²) in [5.74, 6) is 1.29. The molecule has 1 saturated heterocycles. The summed E-state index contributed by atoms with van der Waals surface area (Å²) in [5.41, 5.74) is 0.561. The average Bonchev–Trinajstić information content (AvgIpc) is 2.96. The first kappa shape index (κ1) is 18.5. The Bertz CT molecular complexity index is 562. The van der Waals surface area contributed by atoms with Gasteiger partial charge in [-0.15, -0.1) is 0 Å². The Morgan fingerprint density at radius 1 is 1.50 bits per heavy atom. The van der Waals surface area contributed by atoms with Gasteiger partial charge in [0.2, 0.25) is 0 Å². The highest BCUT2D eigenvalue weighted by molar-refractivity contribution is 5.75. The number of aliphatic hydroxyl groups is 1. The number of aliphatic hydroxyl groups excluding tert-OH is 1. The molecule has 1 atom stereocenters. The van der Waals surface area contributed by atoms with Crippen molar-refractivity contribution in [1.82, 2.24) is 15.2 Å². The number of nitrogens with one attached hydrogen (secondary N) is 1. The number of pyridine rings is 1. The quantitative estimate of drug-likeness (QED) is 0.837. The second-order valence-corrected chi connectivity index (χ2v) is 7.27. The molecule has 1 aromatic heterocycles. The summed E-state index contributed by atoms with van der Waals surface area (Å²) in [6, 6.07) is 3.75. The van der Waals surface area contributed by atoms with Crippen LogP contribution in [0.2, 0.25) is 0 Å². The van der Waals surface area contributed by atoms with Gasteiger partial charge < -0.3 is 20.2 Å². The Kier molecular flexibility index (Phi) is 6.04. The number of rotatable bonds is 6. The molecule has 1 aliphatic heterocycles. The Balaban J connectivity index is 2.07. The van der Waals surface area contributed by atoms with E-state index < -0.39 is 5.54 Å². The van der Waals surface area contributed by atoms with Crippen molar-refractivity contribution in [3.8, 4) is 0 Å². The standard InChI is InChI=1S/C18H30N4O2/c1-14(2)11-18(13-23)8-6-10-22(18)17(24)20-12-15-7-5-9-19-16(15)21(3)4/h5,7,9,14,23H,6,8,10-13H2,1-4H3,(H,20,24)/t18-/m0/s1. The van der Waals surface area contributed by atoms with Crippen LogP contribution in [-0.4, -0.2) is 53.8 Å². The zero-order chi connectivity index (χ0) is 17.7. The highest BCUT2D eigenvalue weighted by Crippen LogP contribution is 2.34. The molecular formula is C18H30N4O2. The molecule has 0 spiro atoms. The fourth-order valence-corrected chi connectivity index (χ4v) is 3.69. The fourth-order valence-electron chi connectivity index (χ4n) is 3.69. The minimum atomic E-state index is -0.419. The molecule has 2 amide bonds. The number of hydrogen-bond acceptors (Lipinski definition) is 4. The number of aromatic nitrogens is 1. The van der Waals surface area contributed by atoms with Crippen LogP contribution in [0.4, 0.5) is 10.6 Å². The Morgan fingerprint density at radius 2 is 2.25 bits per heavy atom. The molecule has 0 unspecified atom stereocenters. The van der Waals surface area contributed by atoms with Crippen LogP contribution in [0.3, 0.4) is 0 Å². The lowest BCUT2D eigenvalue weighted by Gasteiger charge is -2.38. The zero-order valence-corrected chi connectivity index (χ0v) is 15.2. The number of likely N-dealkylation sites (tertiary alicyclic amines) is 1. The molecule has 2 heterocycles. The first-order valence-electron chi connectivity index (χ1n) is 8.67. The Labute approximate surface area is 144 Å². The smallest absolute Gasteiger partial charge is 0.318 e. The number of urea groups is 1. The van der Waals surface area contributed by atoms with Crippen molar-refractivity contribution in [2.24, 2.45) is 5.92 Å². The van der Waals surface area contributed by atoms with Crippen molar-refractivity contribution in [3.05, 3.63) is 23.9 Å². The molecule has 0 radical (unpaired) electrons. The van der Waals surface area contributed by atoms with Crippen LogP contribution >= 0.6 is 0 Å². The average molecular weight is 334 g/mol. The summed E-state index contributed by atoms with van der Waals surface area (Å²) in [6.45, 7) is 5.41. The first-order valence-corrected chi connectivity index (χ1v) is 8.67. The molecule has 1 aliphatic rings. The normalized spacial score (nSPS) is 20.5. The lowest BCUT2D eigenvalue weighted by molar-refractivity contribution is 0.0675. The summed E-state index contributed by atoms with van der Waals surface area (Å²) >= 11 is 0. The fraction of sp³-hybridized carbons (Fsp3) is 0.667. The van der Waals surface area contributed by atoms with Crippen LogP contribution in [0.15, 0.2) is 18.3 Å². The van der Waals surface area contributed by atoms with E-state index in [9.17, 15) is 9.90 Å². The van der Waals surface area contributed by atoms with E-state index in [4.69, 9.17) is 0 Å². The van der Waals surface area contributed by atoms with Crippen molar-refractivity contribution in [3.63, 3.8) is 0 Å². The second kappa shape index (κ2) is 7.83. The highest BCUT2D eigenvalue weighted by Gasteiger charge is 2.43. The van der Waals surface area contributed by atoms with Crippen molar-refractivity contribution < 1.29 is 9.90 Å². The van der Waals surface area contributed by atoms with Gasteiger partial charge in [0.05, 0.1) is 12.1 Å². The maximum Gasteiger partial charge on any atom is 0.318 e. The first-order chi connectivity index (χ1) is 11.4. The summed E-state index contributed by atoms with van der Waals surface area (Å²) in [7, 11) is 3.88. The molecule has 6 heteroatoms. The predicted molar refractivity (Wildman–Crippen MR) is 96.0 cm³/mol. The van der Waals surface area contributed by atoms with Crippen molar-refractivity contribution in [2.45, 2.75) is 45.2 Å². The van der Waals surface area contributed by atoms with Gasteiger partial charge in [-0.2, -0.15) is 0 Å². The molecular weight excluding hydrogens is 304 g/mol. The van der Waals surface area contributed by atoms with Crippen LogP contribution in [0.1, 0.15) is 38.7 Å². The monoisotopic (exact) mass is 334 g/mol. The summed E-state index contributed by atoms with van der Waals surface area (Å²) < 4.78 is 0. The van der Waals surface area contributed by atoms with Gasteiger partial charge in [0.25, 0.3) is 0 Å². The van der Waals surface area contributed by atoms with E-state index in [0.29, 0.717) is 19.0 Å². The number of carbonyl (C=O) groups is 1. The molecule has 0 bridgehead atoms. The lowest BCUT2D eigenvalue weighted by atomic mass is 9.87. The zero-order valence-electron chi connectivity index (χ0n) is 15.2. The van der Waals surface area contributed by atoms with E-state index in [2.05, 4.69) is 24.1 Å². The van der Waals surface area contributed by atoms with Crippen LogP contribution in [0.25, 0.3) is 0 Å². The van der Waals surface area contributed by atoms with E-state index in [1.54, 1.807) is 6.20 Å². The number of hydrogen-bond donors (Lipinski definition) is 2. The van der Waals surface area contributed by atoms with Crippen LogP contribution in [0, 0.1) is 5.92 Å². The Hall–Kier alpha value is -1.82. The molecule has 134 valence electrons. The van der Waals surface area contributed by atoms with Crippen LogP contribution in [0.5, 0.6) is 0 Å². The minimum absolute atomic E-state index is 0.0223. The predicted octanol–water partition coefficient (Wildman–Crippen LogP) is 2.23. The molecule has 6 nitrogen and oxygen atoms in total. The van der Waals surface area contributed by atoms with Gasteiger partial charge in [-0.3, -0.25) is 0 Å². The van der Waals surface area contributed by atoms with Gasteiger partial charge in [0, 0.05) is 38.9 Å². The second-order valence-electron chi connectivity index (χ2n) is 7.27. The molecule has 0 aromatic carbocycles. The van der Waals surface area contributed by atoms with Gasteiger partial charge >= 0.3 is 6.03 Å². The number of nitrogens with zero attached hydrogens (tertiary/aromatic N) is 3. The SMILES string of the molecule is CC(C)C[C@]1(CO)CCCN1C(=O)NCc1cccnc1N(C)C. The molecule has 0 saturated carbocycles. The molecule has 1 aromatic rings. The number of carbonyl (C=O) groups excluding carboxylic acids is 1. The summed E-state index contributed by atoms with van der Waals surface area (Å²) in [4.78, 5) is 20.9. The van der Waals surface area contributed by atoms with E-state index in [1.165, 1.54) is 0 Å². The largest absolute Gasteiger partial charge is 0.394 e. The maximum atomic E-state index is 12.7. The molecule has 2 rings (SSSR count). The third-order valence-electron chi connectivity index (χ3n) is 4.65. The summed E-state index contributed by atoms with van der Waals surface area (Å²) in [5, 5.41) is 13.0. The lowest BCUT2D eigenvalue weighted by Crippen LogP contribution is -2.54. The highest BCUT2D eigenvalue weighted by atomic mass is 16.3. The molecule has 24 heavy (non-hydrogen) atoms. The third-order valence-corrected chi connectivity index (χ3v) is 4.65. The van der Waals surface area contributed by atoms with Crippen molar-refractivity contribution in [2.75, 3.05) is 32.1 Å². The maximum absolute atomic E-state index is 12.7. The van der Waals surface area contributed by atoms with E-state index >= 15 is 0 Å². The topological polar surface area (TPSA) is 68.7 Å². The van der Waals surface area contributed by atoms with Gasteiger partial charge in [-0.25, -0.2) is 9.78 Å². The van der Waals surface area contributed by atoms with Gasteiger partial charge in [0.1, 0.15) is 5.82 Å². The van der Waals surface area contributed by atoms with Crippen molar-refractivity contribution >= 4 is 11.8 Å². The summed E-state index contributed by atoms with van der Waals surface area (Å²) in [6.07, 6.45) is 4.38. The van der Waals surface area contributed by atoms with Gasteiger partial charge in [0.15, 0.2) is 0 Å². The molecule has 1 fully saturated rings. The molecule has 2 N–H and O–H groups in total. The van der Waals surface area contributed by atoms with Crippen LogP contribution < -0.4 is 10.2 Å². The number of anilines is 1.